The van der Waals surface area contributed by atoms with Crippen molar-refractivity contribution in [3.63, 3.8) is 0 Å². The first-order chi connectivity index (χ1) is 9.15. The van der Waals surface area contributed by atoms with Gasteiger partial charge in [-0.15, -0.1) is 0 Å². The van der Waals surface area contributed by atoms with E-state index in [0.29, 0.717) is 0 Å². The molecular formula is C16H22F2O. The van der Waals surface area contributed by atoms with Crippen LogP contribution in [0.2, 0.25) is 0 Å². The molecule has 1 nitrogen and oxygen atoms in total. The molecule has 1 aromatic rings. The first-order valence-electron chi connectivity index (χ1n) is 7.24. The average molecular weight is 268 g/mol. The summed E-state index contributed by atoms with van der Waals surface area (Å²) in [6, 6.07) is 2.80. The number of aliphatic hydroxyl groups excluding tert-OH is 1. The minimum atomic E-state index is -0.617. The molecule has 0 bridgehead atoms. The van der Waals surface area contributed by atoms with Crippen LogP contribution in [-0.2, 0) is 6.61 Å². The lowest BCUT2D eigenvalue weighted by Crippen LogP contribution is -2.14. The van der Waals surface area contributed by atoms with Crippen LogP contribution in [0.4, 0.5) is 8.78 Å². The molecule has 106 valence electrons. The minimum absolute atomic E-state index is 0.219. The monoisotopic (exact) mass is 268 g/mol. The van der Waals surface area contributed by atoms with Gasteiger partial charge >= 0.3 is 0 Å². The Morgan fingerprint density at radius 1 is 1.11 bits per heavy atom. The number of halogens is 2. The van der Waals surface area contributed by atoms with Crippen molar-refractivity contribution in [1.82, 2.24) is 0 Å². The number of rotatable bonds is 4. The predicted octanol–water partition coefficient (Wildman–Crippen LogP) is 4.53. The zero-order valence-electron chi connectivity index (χ0n) is 11.5. The topological polar surface area (TPSA) is 20.2 Å². The Kier molecular flexibility index (Phi) is 4.92. The summed E-state index contributed by atoms with van der Waals surface area (Å²) in [6.45, 7) is 1.62. The van der Waals surface area contributed by atoms with Crippen LogP contribution in [0.1, 0.15) is 62.5 Å². The fourth-order valence-electron chi connectivity index (χ4n) is 3.20. The number of hydrogen-bond donors (Lipinski definition) is 1. The van der Waals surface area contributed by atoms with Crippen LogP contribution in [-0.4, -0.2) is 5.11 Å². The summed E-state index contributed by atoms with van der Waals surface area (Å²) < 4.78 is 27.3. The molecule has 0 aliphatic heterocycles. The van der Waals surface area contributed by atoms with E-state index in [-0.39, 0.29) is 11.5 Å². The highest BCUT2D eigenvalue weighted by molar-refractivity contribution is 5.28. The molecule has 1 aromatic carbocycles. The first kappa shape index (κ1) is 14.4. The maximum atomic E-state index is 13.7. The third-order valence-corrected chi connectivity index (χ3v) is 4.34. The third kappa shape index (κ3) is 3.33. The molecule has 1 saturated carbocycles. The van der Waals surface area contributed by atoms with E-state index in [9.17, 15) is 8.78 Å². The van der Waals surface area contributed by atoms with Gasteiger partial charge in [0.05, 0.1) is 6.61 Å². The minimum Gasteiger partial charge on any atom is -0.391 e. The molecule has 19 heavy (non-hydrogen) atoms. The Bertz CT molecular complexity index is 400. The molecule has 0 saturated heterocycles. The van der Waals surface area contributed by atoms with Gasteiger partial charge in [0.2, 0.25) is 0 Å². The molecular weight excluding hydrogens is 246 g/mol. The summed E-state index contributed by atoms with van der Waals surface area (Å²) in [7, 11) is 0. The lowest BCUT2D eigenvalue weighted by molar-refractivity contribution is 0.268. The molecule has 0 amide bonds. The van der Waals surface area contributed by atoms with Crippen molar-refractivity contribution in [3.05, 3.63) is 34.9 Å². The summed E-state index contributed by atoms with van der Waals surface area (Å²) in [6.07, 6.45) is 6.82. The van der Waals surface area contributed by atoms with Gasteiger partial charge in [-0.2, -0.15) is 0 Å². The predicted molar refractivity (Wildman–Crippen MR) is 71.9 cm³/mol. The molecule has 2 rings (SSSR count). The zero-order chi connectivity index (χ0) is 13.8. The van der Waals surface area contributed by atoms with Gasteiger partial charge in [0, 0.05) is 5.56 Å². The molecule has 0 radical (unpaired) electrons. The van der Waals surface area contributed by atoms with Crippen molar-refractivity contribution in [2.45, 2.75) is 58.0 Å². The number of hydrogen-bond acceptors (Lipinski definition) is 1. The number of aliphatic hydroxyl groups is 1. The Morgan fingerprint density at radius 3 is 2.16 bits per heavy atom. The normalized spacial score (nSPS) is 23.6. The van der Waals surface area contributed by atoms with Crippen LogP contribution < -0.4 is 0 Å². The van der Waals surface area contributed by atoms with Crippen LogP contribution in [0.3, 0.4) is 0 Å². The van der Waals surface area contributed by atoms with Crippen LogP contribution in [0.5, 0.6) is 0 Å². The highest BCUT2D eigenvalue weighted by atomic mass is 19.1. The molecule has 1 fully saturated rings. The van der Waals surface area contributed by atoms with Gasteiger partial charge in [0.1, 0.15) is 11.6 Å². The molecule has 1 aliphatic carbocycles. The quantitative estimate of drug-likeness (QED) is 0.850. The van der Waals surface area contributed by atoms with E-state index in [2.05, 4.69) is 6.92 Å². The van der Waals surface area contributed by atoms with Gasteiger partial charge in [-0.05, 0) is 55.2 Å². The Hall–Kier alpha value is -0.960. The largest absolute Gasteiger partial charge is 0.391 e. The first-order valence-corrected chi connectivity index (χ1v) is 7.24. The molecule has 1 aliphatic rings. The summed E-state index contributed by atoms with van der Waals surface area (Å²) in [5.41, 5.74) is 0.533. The highest BCUT2D eigenvalue weighted by Gasteiger charge is 2.23. The van der Waals surface area contributed by atoms with E-state index < -0.39 is 18.2 Å². The lowest BCUT2D eigenvalue weighted by atomic mass is 9.77. The summed E-state index contributed by atoms with van der Waals surface area (Å²) in [5, 5.41) is 8.91. The Balaban J connectivity index is 2.07. The molecule has 0 atom stereocenters. The molecule has 0 spiro atoms. The van der Waals surface area contributed by atoms with E-state index in [4.69, 9.17) is 5.11 Å². The van der Waals surface area contributed by atoms with Crippen molar-refractivity contribution in [2.24, 2.45) is 5.92 Å². The highest BCUT2D eigenvalue weighted by Crippen LogP contribution is 2.38. The smallest absolute Gasteiger partial charge is 0.131 e. The standard InChI is InChI=1S/C16H22F2O/c1-2-3-11-4-6-12(7-5-11)13-8-15(17)14(10-19)16(18)9-13/h8-9,11-12,19H,2-7,10H2,1H3. The molecule has 3 heteroatoms. The van der Waals surface area contributed by atoms with Gasteiger partial charge in [-0.1, -0.05) is 19.8 Å². The van der Waals surface area contributed by atoms with Crippen LogP contribution in [0.15, 0.2) is 12.1 Å². The van der Waals surface area contributed by atoms with Crippen molar-refractivity contribution in [2.75, 3.05) is 0 Å². The Labute approximate surface area is 113 Å². The van der Waals surface area contributed by atoms with Crippen LogP contribution >= 0.6 is 0 Å². The zero-order valence-corrected chi connectivity index (χ0v) is 11.5. The average Bonchev–Trinajstić information content (AvgIpc) is 2.39. The van der Waals surface area contributed by atoms with Gasteiger partial charge in [-0.3, -0.25) is 0 Å². The van der Waals surface area contributed by atoms with Crippen molar-refractivity contribution >= 4 is 0 Å². The van der Waals surface area contributed by atoms with Gasteiger partial charge in [-0.25, -0.2) is 8.78 Å². The fraction of sp³-hybridized carbons (Fsp3) is 0.625. The van der Waals surface area contributed by atoms with E-state index >= 15 is 0 Å². The maximum absolute atomic E-state index is 13.7. The van der Waals surface area contributed by atoms with Crippen molar-refractivity contribution in [1.29, 1.82) is 0 Å². The van der Waals surface area contributed by atoms with E-state index in [1.807, 2.05) is 0 Å². The van der Waals surface area contributed by atoms with E-state index in [1.54, 1.807) is 0 Å². The van der Waals surface area contributed by atoms with E-state index in [0.717, 1.165) is 37.2 Å². The SMILES string of the molecule is CCCC1CCC(c2cc(F)c(CO)c(F)c2)CC1. The fourth-order valence-corrected chi connectivity index (χ4v) is 3.20. The van der Waals surface area contributed by atoms with Gasteiger partial charge < -0.3 is 5.11 Å². The second-order valence-corrected chi connectivity index (χ2v) is 5.63. The summed E-state index contributed by atoms with van der Waals surface area (Å²) in [5.74, 6) is -0.182. The molecule has 1 N–H and O–H groups in total. The van der Waals surface area contributed by atoms with Gasteiger partial charge in [0.15, 0.2) is 0 Å². The molecule has 0 heterocycles. The summed E-state index contributed by atoms with van der Waals surface area (Å²) >= 11 is 0. The second-order valence-electron chi connectivity index (χ2n) is 5.63. The lowest BCUT2D eigenvalue weighted by Gasteiger charge is -2.28. The van der Waals surface area contributed by atoms with Crippen LogP contribution in [0.25, 0.3) is 0 Å². The number of benzene rings is 1. The molecule has 0 aromatic heterocycles. The van der Waals surface area contributed by atoms with E-state index in [1.165, 1.54) is 25.0 Å². The maximum Gasteiger partial charge on any atom is 0.131 e. The van der Waals surface area contributed by atoms with Crippen molar-refractivity contribution in [3.8, 4) is 0 Å². The third-order valence-electron chi connectivity index (χ3n) is 4.34. The second kappa shape index (κ2) is 6.47. The molecule has 0 unspecified atom stereocenters. The van der Waals surface area contributed by atoms with Crippen molar-refractivity contribution < 1.29 is 13.9 Å². The Morgan fingerprint density at radius 2 is 1.68 bits per heavy atom. The van der Waals surface area contributed by atoms with Crippen LogP contribution in [0, 0.1) is 17.6 Å². The van der Waals surface area contributed by atoms with Gasteiger partial charge in [0.25, 0.3) is 0 Å². The summed E-state index contributed by atoms with van der Waals surface area (Å²) in [4.78, 5) is 0.